The summed E-state index contributed by atoms with van der Waals surface area (Å²) in [6.07, 6.45) is 10.1. The van der Waals surface area contributed by atoms with Crippen LogP contribution in [0.2, 0.25) is 0 Å². The van der Waals surface area contributed by atoms with Gasteiger partial charge < -0.3 is 19.6 Å². The number of ether oxygens (including phenoxy) is 1. The van der Waals surface area contributed by atoms with E-state index in [0.717, 1.165) is 68.2 Å². The van der Waals surface area contributed by atoms with Gasteiger partial charge in [0.15, 0.2) is 0 Å². The molecular formula is C34H48N2O5S. The van der Waals surface area contributed by atoms with Crippen LogP contribution in [-0.2, 0) is 19.1 Å². The van der Waals surface area contributed by atoms with Crippen LogP contribution in [0.4, 0.5) is 5.69 Å². The molecule has 3 aliphatic rings. The fraction of sp³-hybridized carbons (Fsp3) is 0.618. The SMILES string of the molecule is C=CCCCCOC(=O)[C@@H]1[C@H]2C(=O)N(CCCCCCO)C(C(=O)N(CC=C)c3c(C)cccc3C)C23S[C@@H]1CC3C. The van der Waals surface area contributed by atoms with Crippen molar-refractivity contribution in [3.63, 3.8) is 0 Å². The van der Waals surface area contributed by atoms with E-state index in [2.05, 4.69) is 20.1 Å². The van der Waals surface area contributed by atoms with E-state index < -0.39 is 22.6 Å². The molecule has 230 valence electrons. The number of aliphatic hydroxyl groups is 1. The number of amides is 2. The van der Waals surface area contributed by atoms with E-state index >= 15 is 0 Å². The zero-order valence-corrected chi connectivity index (χ0v) is 26.4. The van der Waals surface area contributed by atoms with Crippen molar-refractivity contribution in [2.24, 2.45) is 17.8 Å². The number of rotatable bonds is 16. The Morgan fingerprint density at radius 1 is 1.12 bits per heavy atom. The van der Waals surface area contributed by atoms with Gasteiger partial charge in [0.25, 0.3) is 5.91 Å². The second-order valence-corrected chi connectivity index (χ2v) is 13.7. The summed E-state index contributed by atoms with van der Waals surface area (Å²) in [6.45, 7) is 15.1. The number of anilines is 1. The Hall–Kier alpha value is -2.58. The summed E-state index contributed by atoms with van der Waals surface area (Å²) in [7, 11) is 0. The van der Waals surface area contributed by atoms with Crippen molar-refractivity contribution in [3.8, 4) is 0 Å². The summed E-state index contributed by atoms with van der Waals surface area (Å²) < 4.78 is 5.08. The van der Waals surface area contributed by atoms with E-state index in [1.54, 1.807) is 27.6 Å². The number of hydrogen-bond donors (Lipinski definition) is 1. The highest BCUT2D eigenvalue weighted by Gasteiger charge is 2.76. The van der Waals surface area contributed by atoms with Crippen molar-refractivity contribution >= 4 is 35.2 Å². The Bertz CT molecular complexity index is 1150. The molecule has 2 bridgehead atoms. The lowest BCUT2D eigenvalue weighted by Gasteiger charge is -2.41. The van der Waals surface area contributed by atoms with E-state index in [0.29, 0.717) is 19.7 Å². The van der Waals surface area contributed by atoms with Crippen LogP contribution >= 0.6 is 11.8 Å². The van der Waals surface area contributed by atoms with Crippen LogP contribution in [0.3, 0.4) is 0 Å². The molecule has 1 aromatic carbocycles. The predicted molar refractivity (Wildman–Crippen MR) is 169 cm³/mol. The molecule has 0 saturated carbocycles. The topological polar surface area (TPSA) is 87.1 Å². The van der Waals surface area contributed by atoms with Gasteiger partial charge in [0.05, 0.1) is 23.2 Å². The fourth-order valence-electron chi connectivity index (χ4n) is 7.51. The van der Waals surface area contributed by atoms with Crippen LogP contribution in [0.15, 0.2) is 43.5 Å². The zero-order valence-electron chi connectivity index (χ0n) is 25.6. The highest BCUT2D eigenvalue weighted by molar-refractivity contribution is 8.02. The van der Waals surface area contributed by atoms with Crippen molar-refractivity contribution in [2.75, 3.05) is 31.2 Å². The smallest absolute Gasteiger partial charge is 0.310 e. The molecule has 3 heterocycles. The van der Waals surface area contributed by atoms with Crippen LogP contribution in [0.25, 0.3) is 0 Å². The van der Waals surface area contributed by atoms with E-state index in [9.17, 15) is 19.5 Å². The molecular weight excluding hydrogens is 548 g/mol. The van der Waals surface area contributed by atoms with Crippen LogP contribution < -0.4 is 4.90 Å². The highest BCUT2D eigenvalue weighted by atomic mass is 32.2. The molecule has 2 amide bonds. The van der Waals surface area contributed by atoms with Gasteiger partial charge in [-0.15, -0.1) is 24.9 Å². The predicted octanol–water partition coefficient (Wildman–Crippen LogP) is 5.61. The maximum absolute atomic E-state index is 14.9. The first-order valence-corrected chi connectivity index (χ1v) is 16.5. The molecule has 1 aromatic rings. The van der Waals surface area contributed by atoms with Crippen molar-refractivity contribution in [2.45, 2.75) is 88.2 Å². The number of carbonyl (C=O) groups is 3. The number of unbranched alkanes of at least 4 members (excludes halogenated alkanes) is 5. The number of thioether (sulfide) groups is 1. The summed E-state index contributed by atoms with van der Waals surface area (Å²) in [6, 6.07) is 5.32. The number of aliphatic hydroxyl groups excluding tert-OH is 1. The third-order valence-corrected chi connectivity index (χ3v) is 11.5. The maximum atomic E-state index is 14.9. The first kappa shape index (κ1) is 32.3. The number of benzene rings is 1. The average molecular weight is 597 g/mol. The van der Waals surface area contributed by atoms with Crippen LogP contribution in [0, 0.1) is 31.6 Å². The molecule has 7 nitrogen and oxygen atoms in total. The number of hydrogen-bond acceptors (Lipinski definition) is 6. The molecule has 1 N–H and O–H groups in total. The Morgan fingerprint density at radius 2 is 1.83 bits per heavy atom. The fourth-order valence-corrected chi connectivity index (χ4v) is 9.92. The van der Waals surface area contributed by atoms with Crippen molar-refractivity contribution in [3.05, 3.63) is 54.6 Å². The van der Waals surface area contributed by atoms with Crippen LogP contribution in [-0.4, -0.2) is 70.1 Å². The monoisotopic (exact) mass is 596 g/mol. The minimum Gasteiger partial charge on any atom is -0.465 e. The third kappa shape index (κ3) is 5.94. The van der Waals surface area contributed by atoms with Gasteiger partial charge >= 0.3 is 5.97 Å². The van der Waals surface area contributed by atoms with Gasteiger partial charge in [0, 0.05) is 30.6 Å². The Kier molecular flexibility index (Phi) is 11.0. The molecule has 3 saturated heterocycles. The molecule has 0 radical (unpaired) electrons. The Balaban J connectivity index is 1.70. The molecule has 0 aromatic heterocycles. The van der Waals surface area contributed by atoms with Gasteiger partial charge in [-0.3, -0.25) is 14.4 Å². The maximum Gasteiger partial charge on any atom is 0.310 e. The number of para-hydroxylation sites is 1. The molecule has 3 fully saturated rings. The molecule has 8 heteroatoms. The van der Waals surface area contributed by atoms with Crippen molar-refractivity contribution in [1.29, 1.82) is 0 Å². The van der Waals surface area contributed by atoms with Gasteiger partial charge in [-0.25, -0.2) is 0 Å². The number of esters is 1. The number of fused-ring (bicyclic) bond motifs is 1. The Labute approximate surface area is 255 Å². The average Bonchev–Trinajstić information content (AvgIpc) is 3.55. The van der Waals surface area contributed by atoms with Crippen LogP contribution in [0.1, 0.15) is 69.4 Å². The van der Waals surface area contributed by atoms with Gasteiger partial charge in [0.1, 0.15) is 6.04 Å². The zero-order chi connectivity index (χ0) is 30.4. The number of aryl methyl sites for hydroxylation is 2. The molecule has 4 rings (SSSR count). The number of likely N-dealkylation sites (tertiary alicyclic amines) is 1. The van der Waals surface area contributed by atoms with Gasteiger partial charge in [0.2, 0.25) is 5.91 Å². The minimum atomic E-state index is -0.688. The van der Waals surface area contributed by atoms with Crippen molar-refractivity contribution < 1.29 is 24.2 Å². The number of carbonyl (C=O) groups excluding carboxylic acids is 3. The summed E-state index contributed by atoms with van der Waals surface area (Å²) in [5, 5.41) is 9.18. The first-order valence-electron chi connectivity index (χ1n) is 15.6. The van der Waals surface area contributed by atoms with Gasteiger partial charge in [-0.2, -0.15) is 0 Å². The lowest BCUT2D eigenvalue weighted by Crippen LogP contribution is -2.57. The first-order chi connectivity index (χ1) is 20.2. The summed E-state index contributed by atoms with van der Waals surface area (Å²) in [5.74, 6) is -1.52. The number of nitrogens with zero attached hydrogens (tertiary/aromatic N) is 2. The molecule has 3 unspecified atom stereocenters. The summed E-state index contributed by atoms with van der Waals surface area (Å²) in [4.78, 5) is 46.4. The third-order valence-electron chi connectivity index (χ3n) is 9.39. The molecule has 6 atom stereocenters. The molecule has 3 aliphatic heterocycles. The van der Waals surface area contributed by atoms with Crippen molar-refractivity contribution in [1.82, 2.24) is 4.90 Å². The second-order valence-electron chi connectivity index (χ2n) is 12.2. The highest BCUT2D eigenvalue weighted by Crippen LogP contribution is 2.69. The van der Waals surface area contributed by atoms with Gasteiger partial charge in [-0.1, -0.05) is 50.1 Å². The minimum absolute atomic E-state index is 0.0373. The molecule has 0 aliphatic carbocycles. The van der Waals surface area contributed by atoms with Crippen LogP contribution in [0.5, 0.6) is 0 Å². The normalized spacial score (nSPS) is 27.7. The Morgan fingerprint density at radius 3 is 2.50 bits per heavy atom. The lowest BCUT2D eigenvalue weighted by atomic mass is 9.66. The van der Waals surface area contributed by atoms with E-state index in [4.69, 9.17) is 4.74 Å². The lowest BCUT2D eigenvalue weighted by molar-refractivity contribution is -0.154. The summed E-state index contributed by atoms with van der Waals surface area (Å²) in [5.41, 5.74) is 2.85. The van der Waals surface area contributed by atoms with E-state index in [1.165, 1.54) is 0 Å². The quantitative estimate of drug-likeness (QED) is 0.152. The van der Waals surface area contributed by atoms with E-state index in [1.807, 2.05) is 38.1 Å². The van der Waals surface area contributed by atoms with Gasteiger partial charge in [-0.05, 0) is 69.4 Å². The van der Waals surface area contributed by atoms with E-state index in [-0.39, 0.29) is 35.6 Å². The standard InChI is InChI=1S/C34H48N2O5S/c1-6-8-9-14-21-41-33(40)27-26-22-25(5)34(42-26)28(27)31(38)36(19-12-10-11-13-20-37)30(34)32(39)35(18-7-2)29-23(3)16-15-17-24(29)4/h6-7,15-17,25-28,30,37H,1-2,8-14,18-22H2,3-5H3/t25?,26-,27+,28+,30?,34?/m1/s1. The second kappa shape index (κ2) is 14.3. The largest absolute Gasteiger partial charge is 0.465 e. The number of allylic oxidation sites excluding steroid dienone is 1. The molecule has 1 spiro atoms. The summed E-state index contributed by atoms with van der Waals surface area (Å²) >= 11 is 1.69. The molecule has 42 heavy (non-hydrogen) atoms.